The summed E-state index contributed by atoms with van der Waals surface area (Å²) >= 11 is 6.32. The molecule has 0 aliphatic carbocycles. The Labute approximate surface area is 184 Å². The number of thioether (sulfide) groups is 1. The van der Waals surface area contributed by atoms with Gasteiger partial charge in [0.15, 0.2) is 0 Å². The SMILES string of the molecule is Cn1ccnc1C(S)c1ccc(OC(=O)N2CCC(Sc3nnnn3C)CC2)cc1. The Kier molecular flexibility index (Phi) is 6.28. The predicted molar refractivity (Wildman–Crippen MR) is 116 cm³/mol. The number of piperidine rings is 1. The summed E-state index contributed by atoms with van der Waals surface area (Å²) in [5, 5.41) is 12.6. The second-order valence-corrected chi connectivity index (χ2v) is 8.91. The van der Waals surface area contributed by atoms with E-state index in [1.165, 1.54) is 0 Å². The van der Waals surface area contributed by atoms with Crippen LogP contribution in [-0.4, -0.2) is 59.1 Å². The van der Waals surface area contributed by atoms with E-state index in [-0.39, 0.29) is 11.3 Å². The van der Waals surface area contributed by atoms with Crippen molar-refractivity contribution in [3.8, 4) is 5.75 Å². The van der Waals surface area contributed by atoms with Gasteiger partial charge in [-0.15, -0.1) is 5.10 Å². The van der Waals surface area contributed by atoms with E-state index in [1.54, 1.807) is 39.7 Å². The molecular weight excluding hydrogens is 422 g/mol. The minimum atomic E-state index is -0.321. The Morgan fingerprint density at radius 1 is 1.23 bits per heavy atom. The van der Waals surface area contributed by atoms with Crippen molar-refractivity contribution in [2.45, 2.75) is 28.5 Å². The van der Waals surface area contributed by atoms with Crippen LogP contribution < -0.4 is 4.74 Å². The average molecular weight is 446 g/mol. The number of hydrogen-bond acceptors (Lipinski definition) is 8. The molecule has 1 aliphatic heterocycles. The van der Waals surface area contributed by atoms with E-state index >= 15 is 0 Å². The zero-order valence-electron chi connectivity index (χ0n) is 16.7. The van der Waals surface area contributed by atoms with Crippen molar-refractivity contribution in [2.75, 3.05) is 13.1 Å². The first kappa shape index (κ1) is 20.7. The van der Waals surface area contributed by atoms with Crippen LogP contribution in [0.2, 0.25) is 0 Å². The summed E-state index contributed by atoms with van der Waals surface area (Å²) in [5.74, 6) is 1.38. The fraction of sp³-hybridized carbons (Fsp3) is 0.421. The first-order valence-electron chi connectivity index (χ1n) is 9.62. The van der Waals surface area contributed by atoms with Gasteiger partial charge in [-0.25, -0.2) is 14.5 Å². The lowest BCUT2D eigenvalue weighted by Crippen LogP contribution is -2.41. The highest BCUT2D eigenvalue weighted by molar-refractivity contribution is 7.99. The average Bonchev–Trinajstić information content (AvgIpc) is 3.36. The quantitative estimate of drug-likeness (QED) is 0.604. The molecule has 0 bridgehead atoms. The molecule has 1 unspecified atom stereocenters. The maximum absolute atomic E-state index is 12.5. The smallest absolute Gasteiger partial charge is 0.410 e. The van der Waals surface area contributed by atoms with Gasteiger partial charge >= 0.3 is 6.09 Å². The molecular formula is C19H23N7O2S2. The van der Waals surface area contributed by atoms with E-state index in [2.05, 4.69) is 33.1 Å². The maximum atomic E-state index is 12.5. The lowest BCUT2D eigenvalue weighted by Gasteiger charge is -2.30. The third-order valence-corrected chi connectivity index (χ3v) is 6.95. The van der Waals surface area contributed by atoms with E-state index in [1.807, 2.05) is 37.0 Å². The van der Waals surface area contributed by atoms with Crippen LogP contribution in [0.5, 0.6) is 5.75 Å². The van der Waals surface area contributed by atoms with E-state index in [0.717, 1.165) is 29.4 Å². The standard InChI is InChI=1S/C19H23N7O2S2/c1-24-12-9-20-17(24)16(29)13-3-5-14(6-4-13)28-19(27)26-10-7-15(8-11-26)30-18-21-22-23-25(18)2/h3-6,9,12,15-16,29H,7-8,10-11H2,1-2H3. The monoisotopic (exact) mass is 445 g/mol. The number of carbonyl (C=O) groups is 1. The topological polar surface area (TPSA) is 91.0 Å². The number of carbonyl (C=O) groups excluding carboxylic acids is 1. The number of likely N-dealkylation sites (tertiary alicyclic amines) is 1. The molecule has 1 fully saturated rings. The molecule has 1 atom stereocenters. The van der Waals surface area contributed by atoms with Crippen LogP contribution in [-0.2, 0) is 14.1 Å². The van der Waals surface area contributed by atoms with Crippen molar-refractivity contribution in [2.24, 2.45) is 14.1 Å². The maximum Gasteiger partial charge on any atom is 0.415 e. The van der Waals surface area contributed by atoms with Gasteiger partial charge in [0.25, 0.3) is 0 Å². The summed E-state index contributed by atoms with van der Waals surface area (Å²) in [6.45, 7) is 1.30. The molecule has 0 saturated carbocycles. The minimum absolute atomic E-state index is 0.143. The molecule has 0 radical (unpaired) electrons. The van der Waals surface area contributed by atoms with Gasteiger partial charge in [0.1, 0.15) is 11.6 Å². The Bertz CT molecular complexity index is 996. The highest BCUT2D eigenvalue weighted by Gasteiger charge is 2.26. The highest BCUT2D eigenvalue weighted by atomic mass is 32.2. The molecule has 1 aliphatic rings. The summed E-state index contributed by atoms with van der Waals surface area (Å²) in [6.07, 6.45) is 5.06. The molecule has 30 heavy (non-hydrogen) atoms. The van der Waals surface area contributed by atoms with Crippen molar-refractivity contribution < 1.29 is 9.53 Å². The molecule has 158 valence electrons. The molecule has 9 nitrogen and oxygen atoms in total. The van der Waals surface area contributed by atoms with E-state index in [4.69, 9.17) is 4.74 Å². The third-order valence-electron chi connectivity index (χ3n) is 5.06. The van der Waals surface area contributed by atoms with Crippen LogP contribution in [0.1, 0.15) is 29.5 Å². The number of imidazole rings is 1. The second-order valence-electron chi connectivity index (χ2n) is 7.13. The second kappa shape index (κ2) is 9.09. The van der Waals surface area contributed by atoms with Crippen LogP contribution >= 0.6 is 24.4 Å². The van der Waals surface area contributed by atoms with Crippen LogP contribution in [0, 0.1) is 0 Å². The first-order valence-corrected chi connectivity index (χ1v) is 11.0. The van der Waals surface area contributed by atoms with Gasteiger partial charge in [0, 0.05) is 44.8 Å². The zero-order chi connectivity index (χ0) is 21.1. The van der Waals surface area contributed by atoms with Crippen molar-refractivity contribution in [1.29, 1.82) is 0 Å². The molecule has 1 saturated heterocycles. The highest BCUT2D eigenvalue weighted by Crippen LogP contribution is 2.30. The Hall–Kier alpha value is -2.53. The fourth-order valence-corrected chi connectivity index (χ4v) is 4.74. The number of thiol groups is 1. The first-order chi connectivity index (χ1) is 14.5. The number of ether oxygens (including phenoxy) is 1. The minimum Gasteiger partial charge on any atom is -0.410 e. The number of tetrazole rings is 1. The zero-order valence-corrected chi connectivity index (χ0v) is 18.5. The van der Waals surface area contributed by atoms with Gasteiger partial charge in [-0.2, -0.15) is 12.6 Å². The van der Waals surface area contributed by atoms with E-state index in [9.17, 15) is 4.79 Å². The largest absolute Gasteiger partial charge is 0.415 e. The lowest BCUT2D eigenvalue weighted by molar-refractivity contribution is 0.143. The van der Waals surface area contributed by atoms with Gasteiger partial charge in [0.2, 0.25) is 5.16 Å². The van der Waals surface area contributed by atoms with Crippen molar-refractivity contribution in [1.82, 2.24) is 34.7 Å². The molecule has 1 amide bonds. The molecule has 4 rings (SSSR count). The van der Waals surface area contributed by atoms with Gasteiger partial charge in [-0.05, 0) is 41.0 Å². The Morgan fingerprint density at radius 2 is 1.97 bits per heavy atom. The Morgan fingerprint density at radius 3 is 2.57 bits per heavy atom. The molecule has 11 heteroatoms. The number of rotatable bonds is 5. The number of aromatic nitrogens is 6. The van der Waals surface area contributed by atoms with Gasteiger partial charge in [-0.3, -0.25) is 0 Å². The summed E-state index contributed by atoms with van der Waals surface area (Å²) in [7, 11) is 3.76. The Balaban J connectivity index is 1.29. The molecule has 0 N–H and O–H groups in total. The summed E-state index contributed by atoms with van der Waals surface area (Å²) in [5.41, 5.74) is 0.989. The summed E-state index contributed by atoms with van der Waals surface area (Å²) in [4.78, 5) is 18.6. The number of aryl methyl sites for hydroxylation is 2. The third kappa shape index (κ3) is 4.62. The van der Waals surface area contributed by atoms with Gasteiger partial charge in [0.05, 0.1) is 5.25 Å². The molecule has 1 aromatic carbocycles. The van der Waals surface area contributed by atoms with Crippen LogP contribution in [0.3, 0.4) is 0 Å². The number of amides is 1. The van der Waals surface area contributed by atoms with E-state index in [0.29, 0.717) is 24.1 Å². The number of hydrogen-bond donors (Lipinski definition) is 1. The fourth-order valence-electron chi connectivity index (χ4n) is 3.30. The molecule has 3 heterocycles. The molecule has 2 aromatic heterocycles. The van der Waals surface area contributed by atoms with Crippen molar-refractivity contribution in [3.63, 3.8) is 0 Å². The van der Waals surface area contributed by atoms with Crippen LogP contribution in [0.25, 0.3) is 0 Å². The van der Waals surface area contributed by atoms with Crippen molar-refractivity contribution >= 4 is 30.5 Å². The predicted octanol–water partition coefficient (Wildman–Crippen LogP) is 2.72. The number of benzene rings is 1. The van der Waals surface area contributed by atoms with Gasteiger partial charge < -0.3 is 14.2 Å². The molecule has 3 aromatic rings. The van der Waals surface area contributed by atoms with Gasteiger partial charge in [-0.1, -0.05) is 23.9 Å². The summed E-state index contributed by atoms with van der Waals surface area (Å²) < 4.78 is 9.16. The van der Waals surface area contributed by atoms with Crippen LogP contribution in [0.4, 0.5) is 4.79 Å². The van der Waals surface area contributed by atoms with Crippen molar-refractivity contribution in [3.05, 3.63) is 48.0 Å². The van der Waals surface area contributed by atoms with Crippen LogP contribution in [0.15, 0.2) is 41.8 Å². The number of nitrogens with zero attached hydrogens (tertiary/aromatic N) is 7. The normalized spacial score (nSPS) is 15.9. The summed E-state index contributed by atoms with van der Waals surface area (Å²) in [6, 6.07) is 7.41. The van der Waals surface area contributed by atoms with E-state index < -0.39 is 0 Å². The molecule has 0 spiro atoms. The lowest BCUT2D eigenvalue weighted by atomic mass is 10.1.